The largest absolute Gasteiger partial charge is 0.479 e. The van der Waals surface area contributed by atoms with Gasteiger partial charge in [-0.05, 0) is 45.0 Å². The van der Waals surface area contributed by atoms with Crippen molar-refractivity contribution in [1.82, 2.24) is 15.1 Å². The van der Waals surface area contributed by atoms with Crippen LogP contribution < -0.4 is 4.74 Å². The molecule has 0 saturated heterocycles. The van der Waals surface area contributed by atoms with Crippen LogP contribution in [0.1, 0.15) is 20.8 Å². The van der Waals surface area contributed by atoms with Crippen LogP contribution >= 0.6 is 23.2 Å². The Bertz CT molecular complexity index is 1050. The number of carbonyl (C=O) groups is 1. The molecule has 152 valence electrons. The van der Waals surface area contributed by atoms with Gasteiger partial charge in [-0.1, -0.05) is 28.4 Å². The van der Waals surface area contributed by atoms with Crippen LogP contribution in [-0.4, -0.2) is 33.3 Å². The lowest BCUT2D eigenvalue weighted by molar-refractivity contribution is -0.157. The zero-order chi connectivity index (χ0) is 21.2. The number of rotatable bonds is 5. The normalized spacial score (nSPS) is 11.4. The van der Waals surface area contributed by atoms with E-state index < -0.39 is 24.0 Å². The summed E-state index contributed by atoms with van der Waals surface area (Å²) in [7, 11) is 0. The highest BCUT2D eigenvalue weighted by atomic mass is 35.5. The Labute approximate surface area is 175 Å². The summed E-state index contributed by atoms with van der Waals surface area (Å²) in [6, 6.07) is 5.61. The summed E-state index contributed by atoms with van der Waals surface area (Å²) >= 11 is 11.7. The number of benzene rings is 1. The van der Waals surface area contributed by atoms with E-state index >= 15 is 0 Å². The molecule has 0 aliphatic carbocycles. The molecule has 0 bridgehead atoms. The fraction of sp³-hybridized carbons (Fsp3) is 0.263. The number of hydrogen-bond acceptors (Lipinski definition) is 7. The van der Waals surface area contributed by atoms with Crippen LogP contribution in [0, 0.1) is 5.82 Å². The van der Waals surface area contributed by atoms with Crippen molar-refractivity contribution < 1.29 is 23.2 Å². The third-order valence-corrected chi connectivity index (χ3v) is 4.11. The van der Waals surface area contributed by atoms with E-state index in [4.69, 9.17) is 37.2 Å². The molecule has 1 aromatic carbocycles. The van der Waals surface area contributed by atoms with Gasteiger partial charge < -0.3 is 14.0 Å². The number of aromatic nitrogens is 3. The molecule has 0 fully saturated rings. The van der Waals surface area contributed by atoms with Gasteiger partial charge in [-0.25, -0.2) is 14.2 Å². The van der Waals surface area contributed by atoms with Gasteiger partial charge in [0.1, 0.15) is 10.8 Å². The Kier molecular flexibility index (Phi) is 6.04. The van der Waals surface area contributed by atoms with E-state index in [1.54, 1.807) is 20.8 Å². The lowest BCUT2D eigenvalue weighted by atomic mass is 10.2. The van der Waals surface area contributed by atoms with Gasteiger partial charge in [-0.15, -0.1) is 0 Å². The number of halogens is 3. The van der Waals surface area contributed by atoms with E-state index in [2.05, 4.69) is 15.1 Å². The Morgan fingerprint density at radius 2 is 1.97 bits per heavy atom. The molecule has 0 aliphatic rings. The number of hydrogen-bond donors (Lipinski definition) is 0. The molecule has 0 amide bonds. The summed E-state index contributed by atoms with van der Waals surface area (Å²) in [5.74, 6) is -1.08. The molecular weight excluding hydrogens is 424 g/mol. The number of ether oxygens (including phenoxy) is 2. The lowest BCUT2D eigenvalue weighted by Crippen LogP contribution is -2.27. The average Bonchev–Trinajstić information content (AvgIpc) is 3.11. The van der Waals surface area contributed by atoms with E-state index in [1.165, 1.54) is 30.5 Å². The third kappa shape index (κ3) is 5.42. The topological polar surface area (TPSA) is 87.3 Å². The number of nitrogens with zero attached hydrogens (tertiary/aromatic N) is 3. The molecule has 2 aromatic heterocycles. The maximum absolute atomic E-state index is 14.3. The van der Waals surface area contributed by atoms with Crippen molar-refractivity contribution in [1.29, 1.82) is 0 Å². The minimum absolute atomic E-state index is 0.1000. The lowest BCUT2D eigenvalue weighted by Gasteiger charge is -2.19. The van der Waals surface area contributed by atoms with Crippen molar-refractivity contribution in [3.05, 3.63) is 46.5 Å². The van der Waals surface area contributed by atoms with Gasteiger partial charge in [-0.3, -0.25) is 0 Å². The van der Waals surface area contributed by atoms with E-state index in [0.29, 0.717) is 11.1 Å². The highest BCUT2D eigenvalue weighted by Crippen LogP contribution is 2.28. The summed E-state index contributed by atoms with van der Waals surface area (Å²) in [4.78, 5) is 19.8. The van der Waals surface area contributed by atoms with Gasteiger partial charge in [0.05, 0.1) is 10.6 Å². The molecule has 0 atom stereocenters. The average molecular weight is 440 g/mol. The Morgan fingerprint density at radius 3 is 2.62 bits per heavy atom. The summed E-state index contributed by atoms with van der Waals surface area (Å²) < 4.78 is 29.8. The fourth-order valence-corrected chi connectivity index (χ4v) is 2.53. The highest BCUT2D eigenvalue weighted by Gasteiger charge is 2.18. The maximum atomic E-state index is 14.3. The summed E-state index contributed by atoms with van der Waals surface area (Å²) in [5, 5.41) is 4.22. The Balaban J connectivity index is 1.73. The monoisotopic (exact) mass is 439 g/mol. The van der Waals surface area contributed by atoms with Gasteiger partial charge in [0.15, 0.2) is 18.2 Å². The van der Waals surface area contributed by atoms with E-state index in [1.807, 2.05) is 0 Å². The second kappa shape index (κ2) is 8.34. The Morgan fingerprint density at radius 1 is 1.21 bits per heavy atom. The number of carbonyl (C=O) groups excluding carboxylic acids is 1. The minimum Gasteiger partial charge on any atom is -0.479 e. The summed E-state index contributed by atoms with van der Waals surface area (Å²) in [6.45, 7) is 4.78. The first-order valence-electron chi connectivity index (χ1n) is 8.42. The van der Waals surface area contributed by atoms with Crippen molar-refractivity contribution in [3.8, 4) is 28.6 Å². The van der Waals surface area contributed by atoms with Crippen LogP contribution in [-0.2, 0) is 9.53 Å². The molecule has 2 heterocycles. The van der Waals surface area contributed by atoms with Crippen molar-refractivity contribution in [2.24, 2.45) is 0 Å². The predicted molar refractivity (Wildman–Crippen MR) is 104 cm³/mol. The first kappa shape index (κ1) is 21.0. The highest BCUT2D eigenvalue weighted by molar-refractivity contribution is 6.41. The van der Waals surface area contributed by atoms with Gasteiger partial charge in [0, 0.05) is 11.8 Å². The van der Waals surface area contributed by atoms with E-state index in [-0.39, 0.29) is 27.6 Å². The molecule has 0 unspecified atom stereocenters. The molecule has 7 nitrogen and oxygen atoms in total. The molecule has 10 heteroatoms. The van der Waals surface area contributed by atoms with Gasteiger partial charge >= 0.3 is 5.97 Å². The van der Waals surface area contributed by atoms with Crippen molar-refractivity contribution in [2.45, 2.75) is 26.4 Å². The molecular formula is C19H16Cl2FN3O4. The molecule has 3 rings (SSSR count). The van der Waals surface area contributed by atoms with E-state index in [9.17, 15) is 9.18 Å². The fourth-order valence-electron chi connectivity index (χ4n) is 2.26. The van der Waals surface area contributed by atoms with Crippen LogP contribution in [0.4, 0.5) is 4.39 Å². The van der Waals surface area contributed by atoms with Gasteiger partial charge in [-0.2, -0.15) is 4.98 Å². The van der Waals surface area contributed by atoms with Crippen LogP contribution in [0.2, 0.25) is 10.2 Å². The van der Waals surface area contributed by atoms with Crippen molar-refractivity contribution >= 4 is 29.2 Å². The van der Waals surface area contributed by atoms with Crippen LogP contribution in [0.15, 0.2) is 35.0 Å². The molecule has 0 radical (unpaired) electrons. The van der Waals surface area contributed by atoms with Crippen LogP contribution in [0.3, 0.4) is 0 Å². The molecule has 0 saturated carbocycles. The molecule has 0 aliphatic heterocycles. The minimum atomic E-state index is -0.686. The summed E-state index contributed by atoms with van der Waals surface area (Å²) in [5.41, 5.74) is 0.175. The smallest absolute Gasteiger partial charge is 0.344 e. The number of pyridine rings is 1. The zero-order valence-electron chi connectivity index (χ0n) is 15.7. The Hall–Kier alpha value is -2.71. The van der Waals surface area contributed by atoms with Crippen LogP contribution in [0.5, 0.6) is 5.75 Å². The van der Waals surface area contributed by atoms with Gasteiger partial charge in [0.2, 0.25) is 5.82 Å². The zero-order valence-corrected chi connectivity index (χ0v) is 17.2. The molecule has 0 spiro atoms. The van der Waals surface area contributed by atoms with Gasteiger partial charge in [0.25, 0.3) is 5.89 Å². The predicted octanol–water partition coefficient (Wildman–Crippen LogP) is 4.97. The molecule has 3 aromatic rings. The molecule has 29 heavy (non-hydrogen) atoms. The second-order valence-electron chi connectivity index (χ2n) is 6.94. The summed E-state index contributed by atoms with van der Waals surface area (Å²) in [6.07, 6.45) is 1.43. The molecule has 0 N–H and O–H groups in total. The maximum Gasteiger partial charge on any atom is 0.344 e. The standard InChI is InChI=1S/C19H16Cl2FN3O4/c1-19(2,3)28-15(26)9-27-14-5-4-10(7-13(14)22)17-24-18(29-25-17)11-6-12(20)16(21)23-8-11/h4-8H,9H2,1-3H3. The SMILES string of the molecule is CC(C)(C)OC(=O)COc1ccc(-c2noc(-c3cnc(Cl)c(Cl)c3)n2)cc1F. The number of esters is 1. The first-order valence-corrected chi connectivity index (χ1v) is 9.17. The van der Waals surface area contributed by atoms with Crippen molar-refractivity contribution in [2.75, 3.05) is 6.61 Å². The quantitative estimate of drug-likeness (QED) is 0.409. The van der Waals surface area contributed by atoms with Crippen molar-refractivity contribution in [3.63, 3.8) is 0 Å². The third-order valence-electron chi connectivity index (χ3n) is 3.42. The van der Waals surface area contributed by atoms with Crippen LogP contribution in [0.25, 0.3) is 22.8 Å². The second-order valence-corrected chi connectivity index (χ2v) is 7.71. The van der Waals surface area contributed by atoms with E-state index in [0.717, 1.165) is 0 Å². The first-order chi connectivity index (χ1) is 13.6.